The molecule has 0 unspecified atom stereocenters. The predicted molar refractivity (Wildman–Crippen MR) is 91.5 cm³/mol. The molecule has 0 radical (unpaired) electrons. The van der Waals surface area contributed by atoms with E-state index in [0.29, 0.717) is 23.3 Å². The molecule has 2 atom stereocenters. The highest BCUT2D eigenvalue weighted by Gasteiger charge is 2.44. The van der Waals surface area contributed by atoms with Crippen LogP contribution >= 0.6 is 11.6 Å². The van der Waals surface area contributed by atoms with Crippen molar-refractivity contribution in [1.82, 2.24) is 15.0 Å². The van der Waals surface area contributed by atoms with Gasteiger partial charge in [-0.2, -0.15) is 4.98 Å². The smallest absolute Gasteiger partial charge is 0.241 e. The molecule has 6 heteroatoms. The van der Waals surface area contributed by atoms with Crippen LogP contribution < -0.4 is 0 Å². The van der Waals surface area contributed by atoms with Crippen LogP contribution in [0.1, 0.15) is 38.0 Å². The third-order valence-electron chi connectivity index (χ3n) is 5.48. The van der Waals surface area contributed by atoms with E-state index in [9.17, 15) is 5.11 Å². The quantitative estimate of drug-likeness (QED) is 0.920. The lowest BCUT2D eigenvalue weighted by molar-refractivity contribution is -0.0145. The molecule has 2 aliphatic rings. The fraction of sp³-hybridized carbons (Fsp3) is 0.556. The first-order valence-corrected chi connectivity index (χ1v) is 9.01. The van der Waals surface area contributed by atoms with E-state index in [4.69, 9.17) is 16.1 Å². The van der Waals surface area contributed by atoms with E-state index in [2.05, 4.69) is 15.0 Å². The van der Waals surface area contributed by atoms with Gasteiger partial charge in [0.25, 0.3) is 0 Å². The van der Waals surface area contributed by atoms with Gasteiger partial charge < -0.3 is 9.63 Å². The standard InChI is InChI=1S/C18H22ClN3O2/c19-14-6-4-13(5-7-14)17-20-16(24-21-17)11-22-10-2-9-18(12-22)8-1-3-15(18)23/h4-7,15,23H,1-3,8-12H2/t15-,18-/m1/s1. The highest BCUT2D eigenvalue weighted by Crippen LogP contribution is 2.45. The largest absolute Gasteiger partial charge is 0.393 e. The molecule has 5 nitrogen and oxygen atoms in total. The first-order valence-electron chi connectivity index (χ1n) is 8.64. The van der Waals surface area contributed by atoms with Gasteiger partial charge in [-0.1, -0.05) is 23.2 Å². The van der Waals surface area contributed by atoms with E-state index in [1.807, 2.05) is 24.3 Å². The van der Waals surface area contributed by atoms with Crippen LogP contribution in [-0.2, 0) is 6.54 Å². The lowest BCUT2D eigenvalue weighted by Crippen LogP contribution is -2.46. The Morgan fingerprint density at radius 2 is 2.04 bits per heavy atom. The van der Waals surface area contributed by atoms with Gasteiger partial charge in [0.05, 0.1) is 12.6 Å². The monoisotopic (exact) mass is 347 g/mol. The second-order valence-corrected chi connectivity index (χ2v) is 7.54. The van der Waals surface area contributed by atoms with E-state index < -0.39 is 0 Å². The maximum Gasteiger partial charge on any atom is 0.241 e. The minimum atomic E-state index is -0.160. The Morgan fingerprint density at radius 1 is 1.25 bits per heavy atom. The maximum atomic E-state index is 10.4. The maximum absolute atomic E-state index is 10.4. The van der Waals surface area contributed by atoms with E-state index >= 15 is 0 Å². The summed E-state index contributed by atoms with van der Waals surface area (Å²) in [4.78, 5) is 6.86. The fourth-order valence-corrected chi connectivity index (χ4v) is 4.34. The van der Waals surface area contributed by atoms with Gasteiger partial charge in [-0.15, -0.1) is 0 Å². The van der Waals surface area contributed by atoms with Gasteiger partial charge in [0, 0.05) is 22.5 Å². The van der Waals surface area contributed by atoms with Crippen LogP contribution in [0.4, 0.5) is 0 Å². The van der Waals surface area contributed by atoms with Gasteiger partial charge in [-0.3, -0.25) is 4.90 Å². The summed E-state index contributed by atoms with van der Waals surface area (Å²) in [6, 6.07) is 7.43. The molecule has 0 bridgehead atoms. The second kappa shape index (κ2) is 6.47. The molecule has 1 N–H and O–H groups in total. The Labute approximate surface area is 146 Å². The molecule has 1 spiro atoms. The Balaban J connectivity index is 1.45. The summed E-state index contributed by atoms with van der Waals surface area (Å²) in [6.45, 7) is 2.59. The number of rotatable bonds is 3. The number of halogens is 1. The van der Waals surface area contributed by atoms with E-state index in [-0.39, 0.29) is 11.5 Å². The van der Waals surface area contributed by atoms with E-state index in [0.717, 1.165) is 50.8 Å². The summed E-state index contributed by atoms with van der Waals surface area (Å²) >= 11 is 5.91. The third-order valence-corrected chi connectivity index (χ3v) is 5.73. The van der Waals surface area contributed by atoms with Crippen molar-refractivity contribution in [2.75, 3.05) is 13.1 Å². The number of hydrogen-bond acceptors (Lipinski definition) is 5. The molecule has 1 aromatic heterocycles. The summed E-state index contributed by atoms with van der Waals surface area (Å²) in [5.41, 5.74) is 0.979. The van der Waals surface area contributed by atoms with Crippen LogP contribution in [0.15, 0.2) is 28.8 Å². The Kier molecular flexibility index (Phi) is 4.33. The molecule has 1 aromatic carbocycles. The van der Waals surface area contributed by atoms with Crippen molar-refractivity contribution < 1.29 is 9.63 Å². The van der Waals surface area contributed by atoms with Crippen molar-refractivity contribution in [3.05, 3.63) is 35.2 Å². The summed E-state index contributed by atoms with van der Waals surface area (Å²) in [5, 5.41) is 15.1. The van der Waals surface area contributed by atoms with Crippen LogP contribution in [0.2, 0.25) is 5.02 Å². The zero-order valence-electron chi connectivity index (χ0n) is 13.6. The van der Waals surface area contributed by atoms with Crippen molar-refractivity contribution >= 4 is 11.6 Å². The topological polar surface area (TPSA) is 62.4 Å². The molecule has 0 amide bonds. The number of aromatic nitrogens is 2. The molecule has 1 saturated heterocycles. The Morgan fingerprint density at radius 3 is 2.79 bits per heavy atom. The molecule has 1 aliphatic heterocycles. The van der Waals surface area contributed by atoms with Gasteiger partial charge in [-0.05, 0) is 56.5 Å². The summed E-state index contributed by atoms with van der Waals surface area (Å²) in [5.74, 6) is 1.22. The van der Waals surface area contributed by atoms with E-state index in [1.54, 1.807) is 0 Å². The Bertz CT molecular complexity index is 703. The molecule has 128 valence electrons. The molecule has 2 fully saturated rings. The van der Waals surface area contributed by atoms with Crippen LogP contribution in [0.5, 0.6) is 0 Å². The predicted octanol–water partition coefficient (Wildman–Crippen LogP) is 3.52. The lowest BCUT2D eigenvalue weighted by atomic mass is 9.77. The van der Waals surface area contributed by atoms with Crippen LogP contribution in [0.25, 0.3) is 11.4 Å². The van der Waals surface area contributed by atoms with Gasteiger partial charge in [0.15, 0.2) is 0 Å². The van der Waals surface area contributed by atoms with Crippen LogP contribution in [0, 0.1) is 5.41 Å². The molecule has 2 heterocycles. The van der Waals surface area contributed by atoms with Gasteiger partial charge >= 0.3 is 0 Å². The van der Waals surface area contributed by atoms with Crippen molar-refractivity contribution in [3.63, 3.8) is 0 Å². The molecule has 4 rings (SSSR count). The average Bonchev–Trinajstić information content (AvgIpc) is 3.17. The molecule has 1 aliphatic carbocycles. The summed E-state index contributed by atoms with van der Waals surface area (Å²) in [7, 11) is 0. The zero-order valence-corrected chi connectivity index (χ0v) is 14.4. The first-order chi connectivity index (χ1) is 11.6. The molecular weight excluding hydrogens is 326 g/mol. The van der Waals surface area contributed by atoms with E-state index in [1.165, 1.54) is 0 Å². The van der Waals surface area contributed by atoms with Crippen molar-refractivity contribution in [3.8, 4) is 11.4 Å². The highest BCUT2D eigenvalue weighted by atomic mass is 35.5. The second-order valence-electron chi connectivity index (χ2n) is 7.10. The molecule has 2 aromatic rings. The number of likely N-dealkylation sites (tertiary alicyclic amines) is 1. The average molecular weight is 348 g/mol. The van der Waals surface area contributed by atoms with Crippen LogP contribution in [-0.4, -0.2) is 39.3 Å². The lowest BCUT2D eigenvalue weighted by Gasteiger charge is -2.42. The minimum Gasteiger partial charge on any atom is -0.393 e. The third kappa shape index (κ3) is 3.08. The normalized spacial score (nSPS) is 27.8. The van der Waals surface area contributed by atoms with Crippen LogP contribution in [0.3, 0.4) is 0 Å². The van der Waals surface area contributed by atoms with Gasteiger partial charge in [-0.25, -0.2) is 0 Å². The summed E-state index contributed by atoms with van der Waals surface area (Å²) < 4.78 is 5.43. The van der Waals surface area contributed by atoms with Crippen molar-refractivity contribution in [2.45, 2.75) is 44.8 Å². The number of hydrogen-bond donors (Lipinski definition) is 1. The number of benzene rings is 1. The zero-order chi connectivity index (χ0) is 16.6. The van der Waals surface area contributed by atoms with Gasteiger partial charge in [0.1, 0.15) is 0 Å². The number of nitrogens with zero attached hydrogens (tertiary/aromatic N) is 3. The SMILES string of the molecule is O[C@@H]1CCC[C@]12CCCN(Cc1nc(-c3ccc(Cl)cc3)no1)C2. The number of aliphatic hydroxyl groups excluding tert-OH is 1. The van der Waals surface area contributed by atoms with Gasteiger partial charge in [0.2, 0.25) is 11.7 Å². The molecule has 24 heavy (non-hydrogen) atoms. The Hall–Kier alpha value is -1.43. The number of aliphatic hydroxyl groups is 1. The van der Waals surface area contributed by atoms with Crippen molar-refractivity contribution in [1.29, 1.82) is 0 Å². The number of piperidine rings is 1. The fourth-order valence-electron chi connectivity index (χ4n) is 4.22. The highest BCUT2D eigenvalue weighted by molar-refractivity contribution is 6.30. The summed E-state index contributed by atoms with van der Waals surface area (Å²) in [6.07, 6.45) is 5.29. The first kappa shape index (κ1) is 16.1. The molecule has 1 saturated carbocycles. The minimum absolute atomic E-state index is 0.0806. The van der Waals surface area contributed by atoms with Crippen molar-refractivity contribution in [2.24, 2.45) is 5.41 Å². The molecular formula is C18H22ClN3O2.